The summed E-state index contributed by atoms with van der Waals surface area (Å²) in [5.74, 6) is 0.0334. The molecule has 32 heavy (non-hydrogen) atoms. The van der Waals surface area contributed by atoms with Crippen molar-refractivity contribution in [1.82, 2.24) is 4.90 Å². The van der Waals surface area contributed by atoms with E-state index in [2.05, 4.69) is 63.3 Å². The Labute approximate surface area is 198 Å². The van der Waals surface area contributed by atoms with Crippen molar-refractivity contribution < 1.29 is 14.6 Å². The number of rotatable bonds is 7. The second-order valence-corrected chi connectivity index (χ2v) is 9.01. The number of carboxylic acid groups (broad SMARTS) is 1. The summed E-state index contributed by atoms with van der Waals surface area (Å²) in [4.78, 5) is 14.3. The minimum Gasteiger partial charge on any atom is -0.494 e. The summed E-state index contributed by atoms with van der Waals surface area (Å²) in [6.07, 6.45) is 2.58. The molecule has 1 saturated heterocycles. The molecule has 1 N–H and O–H groups in total. The molecule has 0 amide bonds. The first-order valence-corrected chi connectivity index (χ1v) is 11.9. The molecular weight excluding hydrogens is 466 g/mol. The van der Waals surface area contributed by atoms with Crippen molar-refractivity contribution in [2.24, 2.45) is 0 Å². The predicted molar refractivity (Wildman–Crippen MR) is 131 cm³/mol. The number of likely N-dealkylation sites (tertiary alicyclic amines) is 1. The Morgan fingerprint density at radius 3 is 2.47 bits per heavy atom. The fourth-order valence-corrected chi connectivity index (χ4v) is 4.96. The summed E-state index contributed by atoms with van der Waals surface area (Å²) >= 11 is 3.61. The highest BCUT2D eigenvalue weighted by atomic mass is 79.9. The van der Waals surface area contributed by atoms with Gasteiger partial charge < -0.3 is 9.84 Å². The Kier molecular flexibility index (Phi) is 7.28. The summed E-state index contributed by atoms with van der Waals surface area (Å²) in [6.45, 7) is 3.26. The van der Waals surface area contributed by atoms with Crippen LogP contribution in [0.2, 0.25) is 0 Å². The van der Waals surface area contributed by atoms with Gasteiger partial charge in [-0.3, -0.25) is 9.69 Å². The molecule has 166 valence electrons. The second kappa shape index (κ2) is 10.3. The van der Waals surface area contributed by atoms with Crippen LogP contribution in [0.1, 0.15) is 43.4 Å². The van der Waals surface area contributed by atoms with Crippen molar-refractivity contribution in [2.75, 3.05) is 13.2 Å². The molecule has 1 fully saturated rings. The maximum absolute atomic E-state index is 12.2. The molecule has 3 aromatic carbocycles. The Morgan fingerprint density at radius 2 is 1.78 bits per heavy atom. The van der Waals surface area contributed by atoms with E-state index in [0.717, 1.165) is 51.9 Å². The van der Waals surface area contributed by atoms with Gasteiger partial charge in [-0.2, -0.15) is 0 Å². The highest BCUT2D eigenvalue weighted by Gasteiger charge is 2.36. The molecule has 0 saturated carbocycles. The SMILES string of the molecule is CCOc1ccc(Br)cc1C(c1ccc(-c2ccccc2)cc1)N1CCCCC1C(=O)O. The van der Waals surface area contributed by atoms with E-state index in [9.17, 15) is 9.90 Å². The van der Waals surface area contributed by atoms with Gasteiger partial charge in [0.1, 0.15) is 11.8 Å². The first-order chi connectivity index (χ1) is 15.6. The molecule has 3 aromatic rings. The first-order valence-electron chi connectivity index (χ1n) is 11.1. The average molecular weight is 494 g/mol. The molecule has 5 heteroatoms. The lowest BCUT2D eigenvalue weighted by atomic mass is 9.90. The number of hydrogen-bond donors (Lipinski definition) is 1. The van der Waals surface area contributed by atoms with E-state index in [1.165, 1.54) is 0 Å². The smallest absolute Gasteiger partial charge is 0.320 e. The molecule has 4 nitrogen and oxygen atoms in total. The van der Waals surface area contributed by atoms with Crippen LogP contribution in [-0.4, -0.2) is 35.2 Å². The van der Waals surface area contributed by atoms with Crippen molar-refractivity contribution >= 4 is 21.9 Å². The van der Waals surface area contributed by atoms with Gasteiger partial charge in [-0.1, -0.05) is 76.9 Å². The van der Waals surface area contributed by atoms with Gasteiger partial charge in [0.2, 0.25) is 0 Å². The third-order valence-electron chi connectivity index (χ3n) is 6.06. The van der Waals surface area contributed by atoms with E-state index >= 15 is 0 Å². The van der Waals surface area contributed by atoms with Crippen molar-refractivity contribution in [3.8, 4) is 16.9 Å². The van der Waals surface area contributed by atoms with E-state index < -0.39 is 12.0 Å². The molecule has 0 spiro atoms. The zero-order valence-corrected chi connectivity index (χ0v) is 19.8. The van der Waals surface area contributed by atoms with Gasteiger partial charge in [0.15, 0.2) is 0 Å². The topological polar surface area (TPSA) is 49.8 Å². The molecule has 0 radical (unpaired) electrons. The van der Waals surface area contributed by atoms with Crippen molar-refractivity contribution in [3.63, 3.8) is 0 Å². The van der Waals surface area contributed by atoms with Crippen LogP contribution in [0.3, 0.4) is 0 Å². The van der Waals surface area contributed by atoms with Crippen LogP contribution in [0.5, 0.6) is 5.75 Å². The van der Waals surface area contributed by atoms with Gasteiger partial charge in [-0.05, 0) is 61.2 Å². The lowest BCUT2D eigenvalue weighted by molar-refractivity contribution is -0.145. The second-order valence-electron chi connectivity index (χ2n) is 8.09. The Hall–Kier alpha value is -2.63. The van der Waals surface area contributed by atoms with E-state index in [1.54, 1.807) is 0 Å². The summed E-state index contributed by atoms with van der Waals surface area (Å²) in [5.41, 5.74) is 4.36. The summed E-state index contributed by atoms with van der Waals surface area (Å²) < 4.78 is 6.93. The third kappa shape index (κ3) is 4.89. The number of nitrogens with zero attached hydrogens (tertiary/aromatic N) is 1. The molecule has 4 rings (SSSR count). The van der Waals surface area contributed by atoms with E-state index in [-0.39, 0.29) is 6.04 Å². The largest absolute Gasteiger partial charge is 0.494 e. The number of aliphatic carboxylic acids is 1. The Morgan fingerprint density at radius 1 is 1.06 bits per heavy atom. The number of carbonyl (C=O) groups is 1. The lowest BCUT2D eigenvalue weighted by Crippen LogP contribution is -2.46. The van der Waals surface area contributed by atoms with Crippen LogP contribution in [0.4, 0.5) is 0 Å². The van der Waals surface area contributed by atoms with Gasteiger partial charge in [0, 0.05) is 10.0 Å². The number of halogens is 1. The maximum Gasteiger partial charge on any atom is 0.320 e. The quantitative estimate of drug-likeness (QED) is 0.405. The van der Waals surface area contributed by atoms with Crippen molar-refractivity contribution in [3.05, 3.63) is 88.4 Å². The molecule has 2 unspecified atom stereocenters. The van der Waals surface area contributed by atoms with Gasteiger partial charge in [0.25, 0.3) is 0 Å². The first kappa shape index (κ1) is 22.6. The summed E-state index contributed by atoms with van der Waals surface area (Å²) in [5, 5.41) is 9.99. The number of piperidine rings is 1. The number of ether oxygens (including phenoxy) is 1. The fraction of sp³-hybridized carbons (Fsp3) is 0.296. The van der Waals surface area contributed by atoms with Crippen molar-refractivity contribution in [1.29, 1.82) is 0 Å². The fourth-order valence-electron chi connectivity index (χ4n) is 4.59. The summed E-state index contributed by atoms with van der Waals surface area (Å²) in [6, 6.07) is 24.0. The van der Waals surface area contributed by atoms with Gasteiger partial charge in [-0.25, -0.2) is 0 Å². The monoisotopic (exact) mass is 493 g/mol. The van der Waals surface area contributed by atoms with Crippen LogP contribution in [0.25, 0.3) is 11.1 Å². The van der Waals surface area contributed by atoms with Crippen molar-refractivity contribution in [2.45, 2.75) is 38.3 Å². The predicted octanol–water partition coefficient (Wildman–Crippen LogP) is 6.54. The van der Waals surface area contributed by atoms with Gasteiger partial charge in [0.05, 0.1) is 12.6 Å². The average Bonchev–Trinajstić information content (AvgIpc) is 2.82. The van der Waals surface area contributed by atoms with Crippen LogP contribution < -0.4 is 4.74 Å². The lowest BCUT2D eigenvalue weighted by Gasteiger charge is -2.40. The normalized spacial score (nSPS) is 17.6. The molecule has 0 bridgehead atoms. The van der Waals surface area contributed by atoms with Crippen LogP contribution in [0, 0.1) is 0 Å². The Balaban J connectivity index is 1.81. The zero-order valence-electron chi connectivity index (χ0n) is 18.2. The minimum absolute atomic E-state index is 0.208. The highest BCUT2D eigenvalue weighted by Crippen LogP contribution is 2.40. The van der Waals surface area contributed by atoms with Crippen LogP contribution >= 0.6 is 15.9 Å². The molecule has 1 aliphatic heterocycles. The van der Waals surface area contributed by atoms with E-state index in [4.69, 9.17) is 4.74 Å². The van der Waals surface area contributed by atoms with E-state index in [1.807, 2.05) is 37.3 Å². The minimum atomic E-state index is -0.761. The van der Waals surface area contributed by atoms with Gasteiger partial charge >= 0.3 is 5.97 Å². The third-order valence-corrected chi connectivity index (χ3v) is 6.55. The molecule has 1 heterocycles. The molecule has 0 aliphatic carbocycles. The maximum atomic E-state index is 12.2. The molecule has 1 aliphatic rings. The standard InChI is InChI=1S/C27H28BrNO3/c1-2-32-25-16-15-22(28)18-23(25)26(29-17-7-6-10-24(29)27(30)31)21-13-11-20(12-14-21)19-8-4-3-5-9-19/h3-5,8-9,11-16,18,24,26H,2,6-7,10,17H2,1H3,(H,30,31). The molecular formula is C27H28BrNO3. The van der Waals surface area contributed by atoms with Crippen LogP contribution in [0.15, 0.2) is 77.3 Å². The zero-order chi connectivity index (χ0) is 22.5. The summed E-state index contributed by atoms with van der Waals surface area (Å²) in [7, 11) is 0. The number of benzene rings is 3. The van der Waals surface area contributed by atoms with Crippen LogP contribution in [-0.2, 0) is 4.79 Å². The van der Waals surface area contributed by atoms with E-state index in [0.29, 0.717) is 13.0 Å². The highest BCUT2D eigenvalue weighted by molar-refractivity contribution is 9.10. The van der Waals surface area contributed by atoms with Gasteiger partial charge in [-0.15, -0.1) is 0 Å². The Bertz CT molecular complexity index is 1050. The number of hydrogen-bond acceptors (Lipinski definition) is 3. The molecule has 2 atom stereocenters. The molecule has 0 aromatic heterocycles. The number of carboxylic acids is 1.